The summed E-state index contributed by atoms with van der Waals surface area (Å²) in [7, 11) is 0. The van der Waals surface area contributed by atoms with Gasteiger partial charge in [-0.3, -0.25) is 4.68 Å². The average Bonchev–Trinajstić information content (AvgIpc) is 3.35. The lowest BCUT2D eigenvalue weighted by Crippen LogP contribution is -1.99. The fraction of sp³-hybridized carbons (Fsp3) is 0.214. The van der Waals surface area contributed by atoms with Crippen LogP contribution in [-0.4, -0.2) is 15.0 Å². The first kappa shape index (κ1) is 21.6. The molecule has 4 nitrogen and oxygen atoms in total. The minimum atomic E-state index is 0.559. The van der Waals surface area contributed by atoms with Gasteiger partial charge in [-0.1, -0.05) is 77.5 Å². The topological polar surface area (TPSA) is 39.9 Å². The molecule has 162 valence electrons. The van der Waals surface area contributed by atoms with Gasteiger partial charge in [0.15, 0.2) is 0 Å². The molecule has 0 unspecified atom stereocenters. The van der Waals surface area contributed by atoms with Gasteiger partial charge in [0, 0.05) is 12.7 Å². The number of hydrogen-bond donors (Lipinski definition) is 0. The molecule has 4 heteroatoms. The molecule has 0 N–H and O–H groups in total. The predicted molar refractivity (Wildman–Crippen MR) is 130 cm³/mol. The van der Waals surface area contributed by atoms with Crippen LogP contribution < -0.4 is 4.74 Å². The molecule has 3 aromatic carbocycles. The third-order valence-electron chi connectivity index (χ3n) is 5.40. The van der Waals surface area contributed by atoms with Crippen molar-refractivity contribution in [2.75, 3.05) is 0 Å². The fourth-order valence-corrected chi connectivity index (χ4v) is 3.53. The SMILES string of the molecule is Cc1ccc(/C=C/c2cccc(COc3ccc(CCCCn4ccnn4)cc3)c2)cc1. The Morgan fingerprint density at radius 1 is 0.844 bits per heavy atom. The molecule has 0 spiro atoms. The van der Waals surface area contributed by atoms with Crippen molar-refractivity contribution in [1.29, 1.82) is 0 Å². The molecule has 0 aliphatic carbocycles. The molecule has 1 aromatic heterocycles. The van der Waals surface area contributed by atoms with E-state index in [1.54, 1.807) is 6.20 Å². The average molecular weight is 424 g/mol. The fourth-order valence-electron chi connectivity index (χ4n) is 3.53. The summed E-state index contributed by atoms with van der Waals surface area (Å²) < 4.78 is 7.89. The first-order valence-electron chi connectivity index (χ1n) is 11.1. The van der Waals surface area contributed by atoms with Crippen LogP contribution in [0.25, 0.3) is 12.2 Å². The van der Waals surface area contributed by atoms with Gasteiger partial charge in [-0.25, -0.2) is 0 Å². The molecule has 32 heavy (non-hydrogen) atoms. The summed E-state index contributed by atoms with van der Waals surface area (Å²) in [5.74, 6) is 0.900. The summed E-state index contributed by atoms with van der Waals surface area (Å²) in [6, 6.07) is 25.5. The summed E-state index contributed by atoms with van der Waals surface area (Å²) >= 11 is 0. The summed E-state index contributed by atoms with van der Waals surface area (Å²) in [6.07, 6.45) is 11.2. The highest BCUT2D eigenvalue weighted by atomic mass is 16.5. The summed E-state index contributed by atoms with van der Waals surface area (Å²) in [5.41, 5.74) is 6.15. The minimum absolute atomic E-state index is 0.559. The van der Waals surface area contributed by atoms with Crippen molar-refractivity contribution in [3.63, 3.8) is 0 Å². The maximum atomic E-state index is 6.01. The molecule has 4 aromatic rings. The van der Waals surface area contributed by atoms with Gasteiger partial charge in [0.05, 0.1) is 6.20 Å². The van der Waals surface area contributed by atoms with Crippen LogP contribution in [0.4, 0.5) is 0 Å². The second-order valence-corrected chi connectivity index (χ2v) is 8.04. The highest BCUT2D eigenvalue weighted by Crippen LogP contribution is 2.17. The van der Waals surface area contributed by atoms with Crippen LogP contribution in [0.2, 0.25) is 0 Å². The largest absolute Gasteiger partial charge is 0.489 e. The quantitative estimate of drug-likeness (QED) is 0.220. The zero-order valence-electron chi connectivity index (χ0n) is 18.5. The highest BCUT2D eigenvalue weighted by Gasteiger charge is 2.00. The third kappa shape index (κ3) is 6.67. The molecular weight excluding hydrogens is 394 g/mol. The first-order valence-corrected chi connectivity index (χ1v) is 11.1. The van der Waals surface area contributed by atoms with Crippen molar-refractivity contribution in [2.24, 2.45) is 0 Å². The van der Waals surface area contributed by atoms with Crippen LogP contribution in [-0.2, 0) is 19.6 Å². The van der Waals surface area contributed by atoms with E-state index in [2.05, 4.69) is 102 Å². The smallest absolute Gasteiger partial charge is 0.119 e. The van der Waals surface area contributed by atoms with Crippen molar-refractivity contribution in [3.05, 3.63) is 113 Å². The van der Waals surface area contributed by atoms with Crippen LogP contribution in [0.15, 0.2) is 85.2 Å². The van der Waals surface area contributed by atoms with E-state index < -0.39 is 0 Å². The van der Waals surface area contributed by atoms with Crippen molar-refractivity contribution in [3.8, 4) is 5.75 Å². The predicted octanol–water partition coefficient (Wildman–Crippen LogP) is 6.36. The number of benzene rings is 3. The Labute approximate surface area is 190 Å². The van der Waals surface area contributed by atoms with E-state index in [1.807, 2.05) is 10.9 Å². The molecule has 0 radical (unpaired) electrons. The van der Waals surface area contributed by atoms with Crippen molar-refractivity contribution >= 4 is 12.2 Å². The zero-order valence-corrected chi connectivity index (χ0v) is 18.5. The summed E-state index contributed by atoms with van der Waals surface area (Å²) in [5, 5.41) is 7.83. The van der Waals surface area contributed by atoms with E-state index >= 15 is 0 Å². The van der Waals surface area contributed by atoms with E-state index in [0.29, 0.717) is 6.61 Å². The molecule has 0 atom stereocenters. The Hall–Kier alpha value is -3.66. The van der Waals surface area contributed by atoms with Crippen LogP contribution in [0.3, 0.4) is 0 Å². The van der Waals surface area contributed by atoms with Crippen LogP contribution in [0.5, 0.6) is 5.75 Å². The number of rotatable bonds is 10. The second kappa shape index (κ2) is 11.1. The van der Waals surface area contributed by atoms with E-state index in [4.69, 9.17) is 4.74 Å². The first-order chi connectivity index (χ1) is 15.7. The summed E-state index contributed by atoms with van der Waals surface area (Å²) in [4.78, 5) is 0. The maximum Gasteiger partial charge on any atom is 0.119 e. The van der Waals surface area contributed by atoms with Crippen molar-refractivity contribution in [1.82, 2.24) is 15.0 Å². The molecule has 4 rings (SSSR count). The Morgan fingerprint density at radius 2 is 1.66 bits per heavy atom. The number of ether oxygens (including phenoxy) is 1. The maximum absolute atomic E-state index is 6.01. The number of unbranched alkanes of at least 4 members (excludes halogenated alkanes) is 1. The van der Waals surface area contributed by atoms with Gasteiger partial charge in [0.2, 0.25) is 0 Å². The van der Waals surface area contributed by atoms with E-state index in [-0.39, 0.29) is 0 Å². The Bertz CT molecular complexity index is 1110. The molecule has 0 saturated heterocycles. The lowest BCUT2D eigenvalue weighted by molar-refractivity contribution is 0.306. The molecule has 0 fully saturated rings. The van der Waals surface area contributed by atoms with E-state index in [0.717, 1.165) is 37.1 Å². The standard InChI is InChI=1S/C28H29N3O/c1-23-8-10-25(11-9-23)12-13-26-6-4-7-27(21-26)22-32-28-16-14-24(15-17-28)5-2-3-19-31-20-18-29-30-31/h4,6-18,20-21H,2-3,5,19,22H2,1H3/b13-12+. The third-order valence-corrected chi connectivity index (χ3v) is 5.40. The van der Waals surface area contributed by atoms with Gasteiger partial charge < -0.3 is 4.74 Å². The zero-order chi connectivity index (χ0) is 22.0. The molecule has 0 amide bonds. The van der Waals surface area contributed by atoms with Gasteiger partial charge in [0.25, 0.3) is 0 Å². The van der Waals surface area contributed by atoms with Crippen molar-refractivity contribution < 1.29 is 4.74 Å². The number of aryl methyl sites for hydroxylation is 3. The lowest BCUT2D eigenvalue weighted by Gasteiger charge is -2.08. The van der Waals surface area contributed by atoms with Crippen LogP contribution in [0, 0.1) is 6.92 Å². The minimum Gasteiger partial charge on any atom is -0.489 e. The number of nitrogens with zero attached hydrogens (tertiary/aromatic N) is 3. The normalized spacial score (nSPS) is 11.2. The van der Waals surface area contributed by atoms with Crippen LogP contribution >= 0.6 is 0 Å². The van der Waals surface area contributed by atoms with Gasteiger partial charge >= 0.3 is 0 Å². The molecule has 0 aliphatic heterocycles. The Balaban J connectivity index is 1.24. The summed E-state index contributed by atoms with van der Waals surface area (Å²) in [6.45, 7) is 3.58. The van der Waals surface area contributed by atoms with Crippen molar-refractivity contribution in [2.45, 2.75) is 39.3 Å². The monoisotopic (exact) mass is 423 g/mol. The molecule has 0 aliphatic rings. The Kier molecular flexibility index (Phi) is 7.48. The number of hydrogen-bond acceptors (Lipinski definition) is 3. The van der Waals surface area contributed by atoms with E-state index in [1.165, 1.54) is 22.3 Å². The highest BCUT2D eigenvalue weighted by molar-refractivity contribution is 5.69. The van der Waals surface area contributed by atoms with E-state index in [9.17, 15) is 0 Å². The number of aromatic nitrogens is 3. The molecule has 0 saturated carbocycles. The van der Waals surface area contributed by atoms with Gasteiger partial charge in [-0.05, 0) is 66.6 Å². The second-order valence-electron chi connectivity index (χ2n) is 8.04. The van der Waals surface area contributed by atoms with Crippen LogP contribution in [0.1, 0.15) is 40.7 Å². The Morgan fingerprint density at radius 3 is 2.44 bits per heavy atom. The molecule has 0 bridgehead atoms. The molecule has 1 heterocycles. The van der Waals surface area contributed by atoms with Gasteiger partial charge in [-0.2, -0.15) is 0 Å². The van der Waals surface area contributed by atoms with Gasteiger partial charge in [0.1, 0.15) is 12.4 Å². The van der Waals surface area contributed by atoms with Gasteiger partial charge in [-0.15, -0.1) is 5.10 Å². The lowest BCUT2D eigenvalue weighted by atomic mass is 10.1. The molecular formula is C28H29N3O.